The normalized spacial score (nSPS) is 10.5. The van der Waals surface area contributed by atoms with E-state index in [0.717, 1.165) is 0 Å². The molecule has 0 saturated carbocycles. The maximum atomic E-state index is 5.33. The van der Waals surface area contributed by atoms with Gasteiger partial charge in [0.15, 0.2) is 0 Å². The van der Waals surface area contributed by atoms with Gasteiger partial charge < -0.3 is 14.2 Å². The van der Waals surface area contributed by atoms with Crippen LogP contribution in [0, 0.1) is 0 Å². The fourth-order valence-electron chi connectivity index (χ4n) is 1.08. The zero-order valence-electron chi connectivity index (χ0n) is 10.8. The molecule has 1 aromatic heterocycles. The van der Waals surface area contributed by atoms with E-state index in [-0.39, 0.29) is 24.1 Å². The molecule has 0 amide bonds. The van der Waals surface area contributed by atoms with E-state index in [0.29, 0.717) is 19.8 Å². The minimum absolute atomic E-state index is 0.147. The first kappa shape index (κ1) is 14.4. The van der Waals surface area contributed by atoms with Gasteiger partial charge in [-0.05, 0) is 20.8 Å². The van der Waals surface area contributed by atoms with Gasteiger partial charge in [-0.25, -0.2) is 5.84 Å². The molecule has 0 saturated heterocycles. The minimum Gasteiger partial charge on any atom is -0.464 e. The van der Waals surface area contributed by atoms with Crippen molar-refractivity contribution in [1.29, 1.82) is 0 Å². The molecule has 1 aromatic rings. The van der Waals surface area contributed by atoms with Crippen molar-refractivity contribution in [3.05, 3.63) is 0 Å². The van der Waals surface area contributed by atoms with Crippen LogP contribution in [0.3, 0.4) is 0 Å². The predicted molar refractivity (Wildman–Crippen MR) is 65.4 cm³/mol. The first-order valence-electron chi connectivity index (χ1n) is 5.75. The number of aromatic nitrogens is 3. The van der Waals surface area contributed by atoms with Gasteiger partial charge in [-0.15, -0.1) is 4.98 Å². The molecule has 0 aliphatic rings. The number of hydrogen-bond acceptors (Lipinski definition) is 8. The third-order valence-corrected chi connectivity index (χ3v) is 1.76. The van der Waals surface area contributed by atoms with Crippen molar-refractivity contribution in [2.24, 2.45) is 5.84 Å². The molecular weight excluding hydrogens is 238 g/mol. The number of nitrogens with two attached hydrogens (primary N) is 1. The van der Waals surface area contributed by atoms with Crippen molar-refractivity contribution in [2.45, 2.75) is 26.9 Å². The van der Waals surface area contributed by atoms with E-state index in [9.17, 15) is 0 Å². The zero-order chi connectivity index (χ0) is 13.4. The molecule has 0 aromatic carbocycles. The summed E-state index contributed by atoms with van der Waals surface area (Å²) in [5.74, 6) is 5.43. The average Bonchev–Trinajstić information content (AvgIpc) is 2.34. The number of hydrogen-bond donors (Lipinski definition) is 2. The Balaban J connectivity index is 2.55. The second kappa shape index (κ2) is 7.62. The molecule has 8 nitrogen and oxygen atoms in total. The standard InChI is InChI=1S/C10H19N5O3/c1-4-16-9-12-8(15-11)13-10(14-9)18-6-5-17-7(2)3/h7H,4-6,11H2,1-3H3,(H,12,13,14,15). The quantitative estimate of drug-likeness (QED) is 0.391. The van der Waals surface area contributed by atoms with Crippen molar-refractivity contribution in [3.8, 4) is 12.0 Å². The number of nitrogens with one attached hydrogen (secondary N) is 1. The lowest BCUT2D eigenvalue weighted by Gasteiger charge is -2.09. The summed E-state index contributed by atoms with van der Waals surface area (Å²) in [5, 5.41) is 0. The van der Waals surface area contributed by atoms with E-state index in [2.05, 4.69) is 20.4 Å². The summed E-state index contributed by atoms with van der Waals surface area (Å²) in [6.45, 7) is 6.98. The smallest absolute Gasteiger partial charge is 0.324 e. The number of nitrogens with zero attached hydrogens (tertiary/aromatic N) is 3. The fraction of sp³-hybridized carbons (Fsp3) is 0.700. The molecule has 0 spiro atoms. The lowest BCUT2D eigenvalue weighted by Crippen LogP contribution is -2.15. The first-order chi connectivity index (χ1) is 8.65. The highest BCUT2D eigenvalue weighted by molar-refractivity contribution is 5.25. The van der Waals surface area contributed by atoms with Gasteiger partial charge in [0.2, 0.25) is 5.95 Å². The van der Waals surface area contributed by atoms with Crippen LogP contribution in [0.2, 0.25) is 0 Å². The van der Waals surface area contributed by atoms with E-state index >= 15 is 0 Å². The number of hydrazine groups is 1. The molecule has 0 aliphatic heterocycles. The number of ether oxygens (including phenoxy) is 3. The molecule has 18 heavy (non-hydrogen) atoms. The van der Waals surface area contributed by atoms with Crippen LogP contribution in [-0.4, -0.2) is 40.9 Å². The van der Waals surface area contributed by atoms with Gasteiger partial charge in [-0.1, -0.05) is 0 Å². The van der Waals surface area contributed by atoms with Gasteiger partial charge in [0.1, 0.15) is 6.61 Å². The highest BCUT2D eigenvalue weighted by Gasteiger charge is 2.07. The molecule has 8 heteroatoms. The summed E-state index contributed by atoms with van der Waals surface area (Å²) in [4.78, 5) is 11.8. The molecule has 0 bridgehead atoms. The minimum atomic E-state index is 0.147. The monoisotopic (exact) mass is 257 g/mol. The van der Waals surface area contributed by atoms with Gasteiger partial charge in [0.25, 0.3) is 0 Å². The highest BCUT2D eigenvalue weighted by Crippen LogP contribution is 2.12. The summed E-state index contributed by atoms with van der Waals surface area (Å²) < 4.78 is 15.8. The average molecular weight is 257 g/mol. The topological polar surface area (TPSA) is 104 Å². The molecule has 3 N–H and O–H groups in total. The van der Waals surface area contributed by atoms with Crippen LogP contribution in [-0.2, 0) is 4.74 Å². The molecule has 1 rings (SSSR count). The van der Waals surface area contributed by atoms with Gasteiger partial charge >= 0.3 is 12.0 Å². The van der Waals surface area contributed by atoms with Crippen LogP contribution in [0.5, 0.6) is 12.0 Å². The van der Waals surface area contributed by atoms with Gasteiger partial charge in [0, 0.05) is 0 Å². The second-order valence-electron chi connectivity index (χ2n) is 3.57. The Bertz CT molecular complexity index is 361. The van der Waals surface area contributed by atoms with E-state index in [4.69, 9.17) is 20.1 Å². The van der Waals surface area contributed by atoms with Gasteiger partial charge in [0.05, 0.1) is 19.3 Å². The fourth-order valence-corrected chi connectivity index (χ4v) is 1.08. The van der Waals surface area contributed by atoms with Crippen LogP contribution in [0.25, 0.3) is 0 Å². The number of anilines is 1. The summed E-state index contributed by atoms with van der Waals surface area (Å²) in [6, 6.07) is 0.314. The van der Waals surface area contributed by atoms with Crippen LogP contribution in [0.4, 0.5) is 5.95 Å². The largest absolute Gasteiger partial charge is 0.464 e. The zero-order valence-corrected chi connectivity index (χ0v) is 10.8. The second-order valence-corrected chi connectivity index (χ2v) is 3.57. The molecule has 0 radical (unpaired) electrons. The molecule has 0 unspecified atom stereocenters. The molecule has 0 atom stereocenters. The van der Waals surface area contributed by atoms with E-state index < -0.39 is 0 Å². The van der Waals surface area contributed by atoms with E-state index in [1.54, 1.807) is 0 Å². The Labute approximate surface area is 106 Å². The summed E-state index contributed by atoms with van der Waals surface area (Å²) in [6.07, 6.45) is 0.159. The Morgan fingerprint density at radius 2 is 1.78 bits per heavy atom. The summed E-state index contributed by atoms with van der Waals surface area (Å²) in [5.41, 5.74) is 2.32. The molecule has 0 fully saturated rings. The van der Waals surface area contributed by atoms with Crippen LogP contribution in [0.15, 0.2) is 0 Å². The Hall–Kier alpha value is -1.67. The maximum Gasteiger partial charge on any atom is 0.324 e. The number of nitrogen functional groups attached to an aromatic ring is 1. The van der Waals surface area contributed by atoms with Crippen molar-refractivity contribution in [2.75, 3.05) is 25.2 Å². The van der Waals surface area contributed by atoms with Crippen molar-refractivity contribution in [3.63, 3.8) is 0 Å². The number of rotatable bonds is 8. The Morgan fingerprint density at radius 1 is 1.11 bits per heavy atom. The highest BCUT2D eigenvalue weighted by atomic mass is 16.5. The van der Waals surface area contributed by atoms with Crippen molar-refractivity contribution < 1.29 is 14.2 Å². The molecule has 102 valence electrons. The summed E-state index contributed by atoms with van der Waals surface area (Å²) >= 11 is 0. The van der Waals surface area contributed by atoms with Crippen LogP contribution >= 0.6 is 0 Å². The third kappa shape index (κ3) is 5.11. The SMILES string of the molecule is CCOc1nc(NN)nc(OCCOC(C)C)n1. The van der Waals surface area contributed by atoms with Gasteiger partial charge in [-0.2, -0.15) is 9.97 Å². The maximum absolute atomic E-state index is 5.33. The lowest BCUT2D eigenvalue weighted by molar-refractivity contribution is 0.0528. The van der Waals surface area contributed by atoms with E-state index in [1.807, 2.05) is 20.8 Å². The van der Waals surface area contributed by atoms with Gasteiger partial charge in [-0.3, -0.25) is 5.43 Å². The predicted octanol–water partition coefficient (Wildman–Crippen LogP) is 0.360. The van der Waals surface area contributed by atoms with Crippen molar-refractivity contribution in [1.82, 2.24) is 15.0 Å². The Kier molecular flexibility index (Phi) is 6.09. The molecule has 1 heterocycles. The van der Waals surface area contributed by atoms with Crippen LogP contribution in [0.1, 0.15) is 20.8 Å². The first-order valence-corrected chi connectivity index (χ1v) is 5.75. The lowest BCUT2D eigenvalue weighted by atomic mass is 10.5. The molecule has 0 aliphatic carbocycles. The third-order valence-electron chi connectivity index (χ3n) is 1.76. The van der Waals surface area contributed by atoms with E-state index in [1.165, 1.54) is 0 Å². The van der Waals surface area contributed by atoms with Crippen molar-refractivity contribution >= 4 is 5.95 Å². The van der Waals surface area contributed by atoms with Crippen LogP contribution < -0.4 is 20.7 Å². The Morgan fingerprint density at radius 3 is 2.33 bits per heavy atom. The molecular formula is C10H19N5O3. The summed E-state index contributed by atoms with van der Waals surface area (Å²) in [7, 11) is 0.